The molecule has 0 aliphatic carbocycles. The first-order chi connectivity index (χ1) is 3.63. The van der Waals surface area contributed by atoms with E-state index in [1.54, 1.807) is 0 Å². The smallest absolute Gasteiger partial charge is 0.328 e. The molecule has 0 bridgehead atoms. The van der Waals surface area contributed by atoms with Crippen LogP contribution in [0.1, 0.15) is 0 Å². The van der Waals surface area contributed by atoms with Crippen LogP contribution >= 0.6 is 0 Å². The Kier molecular flexibility index (Phi) is 19.6. The summed E-state index contributed by atoms with van der Waals surface area (Å²) in [6.07, 6.45) is 1.12. The molecule has 0 saturated heterocycles. The van der Waals surface area contributed by atoms with E-state index in [1.165, 1.54) is 0 Å². The second-order valence-corrected chi connectivity index (χ2v) is 1.01. The molecule has 4 nitrogen and oxygen atoms in total. The minimum atomic E-state index is -1.26. The number of carboxylic acid groups (broad SMARTS) is 2. The SMILES string of the molecule is O=C(O)/C=C\C(=O)O.[K].[K]. The maximum atomic E-state index is 9.55. The van der Waals surface area contributed by atoms with Crippen molar-refractivity contribution in [1.82, 2.24) is 0 Å². The van der Waals surface area contributed by atoms with Crippen LogP contribution in [0.2, 0.25) is 0 Å². The zero-order chi connectivity index (χ0) is 6.57. The van der Waals surface area contributed by atoms with Crippen molar-refractivity contribution in [3.63, 3.8) is 0 Å². The fourth-order valence-electron chi connectivity index (χ4n) is 0.143. The molecule has 0 fully saturated rings. The molecule has 0 aliphatic heterocycles. The maximum Gasteiger partial charge on any atom is 0.328 e. The zero-order valence-corrected chi connectivity index (χ0v) is 12.1. The molecule has 0 atom stereocenters. The van der Waals surface area contributed by atoms with E-state index in [1.807, 2.05) is 0 Å². The molecule has 0 unspecified atom stereocenters. The molecule has 0 aliphatic rings. The zero-order valence-electron chi connectivity index (χ0n) is 5.87. The molecule has 0 spiro atoms. The molecule has 0 aromatic heterocycles. The summed E-state index contributed by atoms with van der Waals surface area (Å²) in [6, 6.07) is 0. The Hall–Kier alpha value is 1.95. The fraction of sp³-hybridized carbons (Fsp3) is 0. The van der Waals surface area contributed by atoms with Gasteiger partial charge in [0.25, 0.3) is 0 Å². The van der Waals surface area contributed by atoms with Crippen molar-refractivity contribution >= 4 is 115 Å². The number of carbonyl (C=O) groups is 2. The van der Waals surface area contributed by atoms with Gasteiger partial charge in [0.1, 0.15) is 0 Å². The topological polar surface area (TPSA) is 74.6 Å². The van der Waals surface area contributed by atoms with E-state index in [-0.39, 0.29) is 103 Å². The van der Waals surface area contributed by atoms with Crippen molar-refractivity contribution in [2.24, 2.45) is 0 Å². The summed E-state index contributed by atoms with van der Waals surface area (Å²) in [7, 11) is 0. The average Bonchev–Trinajstić information content (AvgIpc) is 1.61. The van der Waals surface area contributed by atoms with Gasteiger partial charge in [-0.1, -0.05) is 0 Å². The number of hydrogen-bond acceptors (Lipinski definition) is 2. The van der Waals surface area contributed by atoms with E-state index in [2.05, 4.69) is 0 Å². The molecule has 0 saturated carbocycles. The van der Waals surface area contributed by atoms with Crippen LogP contribution in [0.15, 0.2) is 12.2 Å². The van der Waals surface area contributed by atoms with E-state index in [0.717, 1.165) is 0 Å². The summed E-state index contributed by atoms with van der Waals surface area (Å²) in [4.78, 5) is 19.1. The number of aliphatic carboxylic acids is 2. The first kappa shape index (κ1) is 17.9. The summed E-state index contributed by atoms with van der Waals surface area (Å²) in [5.41, 5.74) is 0. The third-order valence-electron chi connectivity index (χ3n) is 0.368. The molecular weight excluding hydrogens is 190 g/mol. The van der Waals surface area contributed by atoms with Gasteiger partial charge in [-0.25, -0.2) is 9.59 Å². The Morgan fingerprint density at radius 3 is 1.20 bits per heavy atom. The van der Waals surface area contributed by atoms with E-state index >= 15 is 0 Å². The van der Waals surface area contributed by atoms with Gasteiger partial charge in [-0.3, -0.25) is 0 Å². The Balaban J connectivity index is -0.000000245. The van der Waals surface area contributed by atoms with Gasteiger partial charge >= 0.3 is 11.9 Å². The summed E-state index contributed by atoms with van der Waals surface area (Å²) in [5.74, 6) is -2.51. The molecule has 0 aromatic carbocycles. The predicted molar refractivity (Wildman–Crippen MR) is 35.9 cm³/mol. The molecule has 2 radical (unpaired) electrons. The van der Waals surface area contributed by atoms with Crippen molar-refractivity contribution in [1.29, 1.82) is 0 Å². The molecule has 2 N–H and O–H groups in total. The number of rotatable bonds is 2. The standard InChI is InChI=1S/C4H4O4.2K/c5-3(6)1-2-4(7)8;;/h1-2H,(H,5,6)(H,7,8);;/b2-1-;;. The van der Waals surface area contributed by atoms with E-state index in [0.29, 0.717) is 12.2 Å². The van der Waals surface area contributed by atoms with Gasteiger partial charge in [-0.15, -0.1) is 0 Å². The van der Waals surface area contributed by atoms with Crippen LogP contribution in [0.3, 0.4) is 0 Å². The fourth-order valence-corrected chi connectivity index (χ4v) is 0.143. The molecule has 0 heterocycles. The van der Waals surface area contributed by atoms with Gasteiger partial charge in [-0.05, 0) is 0 Å². The first-order valence-electron chi connectivity index (χ1n) is 1.77. The van der Waals surface area contributed by atoms with Crippen molar-refractivity contribution in [3.8, 4) is 0 Å². The molecule has 0 amide bonds. The van der Waals surface area contributed by atoms with Crippen LogP contribution < -0.4 is 0 Å². The monoisotopic (exact) mass is 194 g/mol. The van der Waals surface area contributed by atoms with Crippen molar-refractivity contribution in [3.05, 3.63) is 12.2 Å². The Morgan fingerprint density at radius 1 is 0.900 bits per heavy atom. The minimum absolute atomic E-state index is 0. The second kappa shape index (κ2) is 11.0. The van der Waals surface area contributed by atoms with Gasteiger partial charge in [0.2, 0.25) is 0 Å². The van der Waals surface area contributed by atoms with E-state index in [9.17, 15) is 9.59 Å². The Labute approximate surface area is 143 Å². The largest absolute Gasteiger partial charge is 0.478 e. The molecule has 0 aromatic rings. The Morgan fingerprint density at radius 2 is 1.10 bits per heavy atom. The van der Waals surface area contributed by atoms with Crippen LogP contribution in [-0.4, -0.2) is 125 Å². The molecular formula is C4H4K2O4. The first-order valence-corrected chi connectivity index (χ1v) is 1.77. The van der Waals surface area contributed by atoms with Crippen LogP contribution in [-0.2, 0) is 9.59 Å². The maximum absolute atomic E-state index is 9.55. The third-order valence-corrected chi connectivity index (χ3v) is 0.368. The molecule has 6 heteroatoms. The van der Waals surface area contributed by atoms with Gasteiger partial charge in [0.05, 0.1) is 0 Å². The molecule has 0 rings (SSSR count). The van der Waals surface area contributed by atoms with Gasteiger partial charge in [0.15, 0.2) is 0 Å². The molecule has 46 valence electrons. The van der Waals surface area contributed by atoms with Crippen molar-refractivity contribution in [2.75, 3.05) is 0 Å². The quantitative estimate of drug-likeness (QED) is 0.434. The normalized spacial score (nSPS) is 7.60. The summed E-state index contributed by atoms with van der Waals surface area (Å²) in [6.45, 7) is 0. The minimum Gasteiger partial charge on any atom is -0.478 e. The van der Waals surface area contributed by atoms with Crippen LogP contribution in [0, 0.1) is 0 Å². The Bertz CT molecular complexity index is 126. The van der Waals surface area contributed by atoms with Crippen molar-refractivity contribution in [2.45, 2.75) is 0 Å². The number of carboxylic acids is 2. The van der Waals surface area contributed by atoms with Gasteiger partial charge in [-0.2, -0.15) is 0 Å². The van der Waals surface area contributed by atoms with E-state index < -0.39 is 11.9 Å². The summed E-state index contributed by atoms with van der Waals surface area (Å²) >= 11 is 0. The summed E-state index contributed by atoms with van der Waals surface area (Å²) < 4.78 is 0. The second-order valence-electron chi connectivity index (χ2n) is 1.01. The predicted octanol–water partition coefficient (Wildman–Crippen LogP) is -1.05. The number of hydrogen-bond donors (Lipinski definition) is 2. The third kappa shape index (κ3) is 16.5. The van der Waals surface area contributed by atoms with Gasteiger partial charge < -0.3 is 10.2 Å². The van der Waals surface area contributed by atoms with Gasteiger partial charge in [0, 0.05) is 115 Å². The summed E-state index contributed by atoms with van der Waals surface area (Å²) in [5, 5.41) is 15.6. The van der Waals surface area contributed by atoms with Crippen LogP contribution in [0.4, 0.5) is 0 Å². The molecule has 10 heavy (non-hydrogen) atoms. The van der Waals surface area contributed by atoms with Crippen LogP contribution in [0.25, 0.3) is 0 Å². The van der Waals surface area contributed by atoms with E-state index in [4.69, 9.17) is 10.2 Å². The van der Waals surface area contributed by atoms with Crippen molar-refractivity contribution < 1.29 is 19.8 Å². The van der Waals surface area contributed by atoms with Crippen LogP contribution in [0.5, 0.6) is 0 Å². The average molecular weight is 194 g/mol.